The van der Waals surface area contributed by atoms with Crippen LogP contribution in [0.5, 0.6) is 5.75 Å². The molecule has 0 spiro atoms. The van der Waals surface area contributed by atoms with Gasteiger partial charge in [0.15, 0.2) is 0 Å². The highest BCUT2D eigenvalue weighted by molar-refractivity contribution is 5.97. The van der Waals surface area contributed by atoms with Gasteiger partial charge >= 0.3 is 6.03 Å². The molecule has 1 rings (SSSR count). The molecule has 0 fully saturated rings. The van der Waals surface area contributed by atoms with Gasteiger partial charge in [-0.2, -0.15) is 0 Å². The van der Waals surface area contributed by atoms with Crippen LogP contribution in [-0.4, -0.2) is 19.0 Å². The van der Waals surface area contributed by atoms with E-state index in [-0.39, 0.29) is 11.3 Å². The van der Waals surface area contributed by atoms with Crippen LogP contribution in [-0.2, 0) is 0 Å². The number of methoxy groups -OCH3 is 1. The van der Waals surface area contributed by atoms with Crippen molar-refractivity contribution in [3.05, 3.63) is 29.6 Å². The number of carbonyl (C=O) groups excluding carboxylic acids is 2. The molecule has 0 bridgehead atoms. The van der Waals surface area contributed by atoms with Gasteiger partial charge in [0, 0.05) is 0 Å². The number of amides is 3. The van der Waals surface area contributed by atoms with Gasteiger partial charge in [0.25, 0.3) is 5.91 Å². The molecule has 86 valence electrons. The van der Waals surface area contributed by atoms with Gasteiger partial charge in [0.2, 0.25) is 0 Å². The molecule has 0 aliphatic carbocycles. The lowest BCUT2D eigenvalue weighted by Gasteiger charge is -2.09. The van der Waals surface area contributed by atoms with Gasteiger partial charge in [-0.3, -0.25) is 10.2 Å². The Morgan fingerprint density at radius 2 is 2.06 bits per heavy atom. The minimum atomic E-state index is -0.955. The first-order valence-electron chi connectivity index (χ1n) is 4.24. The molecule has 1 aromatic carbocycles. The normalized spacial score (nSPS) is 9.38. The van der Waals surface area contributed by atoms with Gasteiger partial charge in [0.1, 0.15) is 17.1 Å². The molecule has 0 aromatic heterocycles. The van der Waals surface area contributed by atoms with E-state index in [2.05, 4.69) is 0 Å². The van der Waals surface area contributed by atoms with Crippen LogP contribution in [0.3, 0.4) is 0 Å². The summed E-state index contributed by atoms with van der Waals surface area (Å²) in [7, 11) is 1.30. The predicted molar refractivity (Wildman–Crippen MR) is 53.1 cm³/mol. The molecule has 4 N–H and O–H groups in total. The van der Waals surface area contributed by atoms with E-state index in [9.17, 15) is 14.0 Å². The third-order valence-electron chi connectivity index (χ3n) is 1.72. The summed E-state index contributed by atoms with van der Waals surface area (Å²) in [6.07, 6.45) is 0. The molecule has 0 atom stereocenters. The Balaban J connectivity index is 2.93. The topological polar surface area (TPSA) is 93.4 Å². The first kappa shape index (κ1) is 11.8. The van der Waals surface area contributed by atoms with E-state index in [0.717, 1.165) is 6.07 Å². The minimum absolute atomic E-state index is 0.0590. The molecular formula is C9H10FN3O3. The molecule has 7 heteroatoms. The van der Waals surface area contributed by atoms with Gasteiger partial charge in [0.05, 0.1) is 7.11 Å². The number of halogens is 1. The Morgan fingerprint density at radius 1 is 1.38 bits per heavy atom. The highest BCUT2D eigenvalue weighted by Crippen LogP contribution is 2.20. The van der Waals surface area contributed by atoms with Crippen LogP contribution in [0.4, 0.5) is 9.18 Å². The summed E-state index contributed by atoms with van der Waals surface area (Å²) in [5, 5.41) is 0. The summed E-state index contributed by atoms with van der Waals surface area (Å²) >= 11 is 0. The SMILES string of the molecule is COc1cccc(F)c1C(=O)NNC(N)=O. The number of ether oxygens (including phenoxy) is 1. The molecule has 3 amide bonds. The van der Waals surface area contributed by atoms with E-state index in [4.69, 9.17) is 10.5 Å². The number of hydrogen-bond donors (Lipinski definition) is 3. The zero-order valence-electron chi connectivity index (χ0n) is 8.41. The molecule has 0 radical (unpaired) electrons. The van der Waals surface area contributed by atoms with E-state index in [1.807, 2.05) is 10.9 Å². The van der Waals surface area contributed by atoms with Crippen molar-refractivity contribution in [2.24, 2.45) is 5.73 Å². The number of hydrazine groups is 1. The molecule has 6 nitrogen and oxygen atoms in total. The standard InChI is InChI=1S/C9H10FN3O3/c1-16-6-4-2-3-5(10)7(6)8(14)12-13-9(11)15/h2-4H,1H3,(H,12,14)(H3,11,13,15). The molecule has 16 heavy (non-hydrogen) atoms. The van der Waals surface area contributed by atoms with Gasteiger partial charge in [-0.05, 0) is 12.1 Å². The molecule has 0 heterocycles. The third-order valence-corrected chi connectivity index (χ3v) is 1.72. The molecule has 0 unspecified atom stereocenters. The number of nitrogens with two attached hydrogens (primary N) is 1. The van der Waals surface area contributed by atoms with Crippen molar-refractivity contribution in [3.8, 4) is 5.75 Å². The maximum Gasteiger partial charge on any atom is 0.330 e. The maximum atomic E-state index is 13.3. The van der Waals surface area contributed by atoms with Crippen molar-refractivity contribution in [1.29, 1.82) is 0 Å². The second-order valence-corrected chi connectivity index (χ2v) is 2.76. The van der Waals surface area contributed by atoms with Crippen molar-refractivity contribution < 1.29 is 18.7 Å². The summed E-state index contributed by atoms with van der Waals surface area (Å²) in [6, 6.07) is 2.96. The number of primary amides is 1. The van der Waals surface area contributed by atoms with Crippen molar-refractivity contribution in [2.75, 3.05) is 7.11 Å². The summed E-state index contributed by atoms with van der Waals surface area (Å²) in [6.45, 7) is 0. The van der Waals surface area contributed by atoms with E-state index in [1.165, 1.54) is 19.2 Å². The Hall–Kier alpha value is -2.31. The Morgan fingerprint density at radius 3 is 2.62 bits per heavy atom. The maximum absolute atomic E-state index is 13.3. The lowest BCUT2D eigenvalue weighted by molar-refractivity contribution is 0.0930. The van der Waals surface area contributed by atoms with Crippen molar-refractivity contribution in [2.45, 2.75) is 0 Å². The van der Waals surface area contributed by atoms with Gasteiger partial charge < -0.3 is 10.5 Å². The second-order valence-electron chi connectivity index (χ2n) is 2.76. The van der Waals surface area contributed by atoms with Crippen LogP contribution in [0, 0.1) is 5.82 Å². The van der Waals surface area contributed by atoms with Gasteiger partial charge in [-0.15, -0.1) is 0 Å². The first-order valence-corrected chi connectivity index (χ1v) is 4.24. The fourth-order valence-corrected chi connectivity index (χ4v) is 1.08. The fraction of sp³-hybridized carbons (Fsp3) is 0.111. The highest BCUT2D eigenvalue weighted by atomic mass is 19.1. The number of carbonyl (C=O) groups is 2. The van der Waals surface area contributed by atoms with Gasteiger partial charge in [-0.1, -0.05) is 6.07 Å². The van der Waals surface area contributed by atoms with E-state index < -0.39 is 17.8 Å². The largest absolute Gasteiger partial charge is 0.496 e. The van der Waals surface area contributed by atoms with Crippen LogP contribution in [0.1, 0.15) is 10.4 Å². The number of rotatable bonds is 2. The molecule has 0 saturated carbocycles. The molecule has 1 aromatic rings. The Labute approximate surface area is 90.5 Å². The summed E-state index contributed by atoms with van der Waals surface area (Å²) in [4.78, 5) is 21.8. The molecule has 0 aliphatic rings. The average molecular weight is 227 g/mol. The lowest BCUT2D eigenvalue weighted by Crippen LogP contribution is -2.44. The Bertz CT molecular complexity index is 422. The van der Waals surface area contributed by atoms with Gasteiger partial charge in [-0.25, -0.2) is 14.6 Å². The monoisotopic (exact) mass is 227 g/mol. The van der Waals surface area contributed by atoms with Crippen LogP contribution in [0.25, 0.3) is 0 Å². The minimum Gasteiger partial charge on any atom is -0.496 e. The smallest absolute Gasteiger partial charge is 0.330 e. The second kappa shape index (κ2) is 4.96. The van der Waals surface area contributed by atoms with E-state index >= 15 is 0 Å². The fourth-order valence-electron chi connectivity index (χ4n) is 1.08. The zero-order valence-corrected chi connectivity index (χ0v) is 8.41. The van der Waals surface area contributed by atoms with Crippen LogP contribution in [0.15, 0.2) is 18.2 Å². The number of benzene rings is 1. The van der Waals surface area contributed by atoms with Crippen molar-refractivity contribution >= 4 is 11.9 Å². The van der Waals surface area contributed by atoms with Crippen LogP contribution in [0.2, 0.25) is 0 Å². The molecule has 0 saturated heterocycles. The molecule has 0 aliphatic heterocycles. The van der Waals surface area contributed by atoms with Crippen LogP contribution < -0.4 is 21.3 Å². The lowest BCUT2D eigenvalue weighted by atomic mass is 10.2. The molecular weight excluding hydrogens is 217 g/mol. The number of nitrogens with one attached hydrogen (secondary N) is 2. The van der Waals surface area contributed by atoms with Crippen molar-refractivity contribution in [1.82, 2.24) is 10.9 Å². The third kappa shape index (κ3) is 2.59. The van der Waals surface area contributed by atoms with E-state index in [1.54, 1.807) is 0 Å². The predicted octanol–water partition coefficient (Wildman–Crippen LogP) is 0.147. The summed E-state index contributed by atoms with van der Waals surface area (Å²) in [5.74, 6) is -1.55. The average Bonchev–Trinajstić information content (AvgIpc) is 2.25. The highest BCUT2D eigenvalue weighted by Gasteiger charge is 2.17. The van der Waals surface area contributed by atoms with Crippen LogP contribution >= 0.6 is 0 Å². The first-order chi connectivity index (χ1) is 7.56. The quantitative estimate of drug-likeness (QED) is 0.627. The summed E-state index contributed by atoms with van der Waals surface area (Å²) < 4.78 is 18.1. The van der Waals surface area contributed by atoms with Crippen molar-refractivity contribution in [3.63, 3.8) is 0 Å². The number of hydrogen-bond acceptors (Lipinski definition) is 3. The zero-order chi connectivity index (χ0) is 12.1. The number of urea groups is 1. The Kier molecular flexibility index (Phi) is 3.65. The van der Waals surface area contributed by atoms with E-state index in [0.29, 0.717) is 0 Å². The summed E-state index contributed by atoms with van der Waals surface area (Å²) in [5.41, 5.74) is 8.20.